The van der Waals surface area contributed by atoms with Crippen molar-refractivity contribution in [2.75, 3.05) is 18.5 Å². The van der Waals surface area contributed by atoms with Crippen molar-refractivity contribution in [1.82, 2.24) is 5.32 Å². The third-order valence-electron chi connectivity index (χ3n) is 2.92. The summed E-state index contributed by atoms with van der Waals surface area (Å²) in [7, 11) is 0. The van der Waals surface area contributed by atoms with Crippen molar-refractivity contribution in [3.63, 3.8) is 0 Å². The zero-order valence-electron chi connectivity index (χ0n) is 12.5. The van der Waals surface area contributed by atoms with Crippen LogP contribution in [0.3, 0.4) is 0 Å². The zero-order valence-corrected chi connectivity index (χ0v) is 12.5. The van der Waals surface area contributed by atoms with Crippen LogP contribution in [-0.2, 0) is 4.79 Å². The second kappa shape index (κ2) is 7.31. The number of hydrogen-bond acceptors (Lipinski definition) is 4. The van der Waals surface area contributed by atoms with E-state index < -0.39 is 0 Å². The van der Waals surface area contributed by atoms with Crippen molar-refractivity contribution in [2.24, 2.45) is 0 Å². The molecule has 2 amide bonds. The van der Waals surface area contributed by atoms with E-state index in [2.05, 4.69) is 10.6 Å². The fraction of sp³-hybridized carbons (Fsp3) is 0.250. The minimum absolute atomic E-state index is 0.0366. The Morgan fingerprint density at radius 1 is 1.18 bits per heavy atom. The van der Waals surface area contributed by atoms with Crippen molar-refractivity contribution in [1.29, 1.82) is 0 Å². The maximum absolute atomic E-state index is 12.0. The minimum atomic E-state index is -0.307. The van der Waals surface area contributed by atoms with Gasteiger partial charge in [0, 0.05) is 17.8 Å². The molecule has 6 heteroatoms. The van der Waals surface area contributed by atoms with Gasteiger partial charge in [-0.2, -0.15) is 0 Å². The summed E-state index contributed by atoms with van der Waals surface area (Å²) in [5.74, 6) is 0.363. The molecule has 2 N–H and O–H groups in total. The number of carbonyl (C=O) groups is 2. The molecule has 2 rings (SSSR count). The number of ether oxygens (including phenoxy) is 1. The van der Waals surface area contributed by atoms with Gasteiger partial charge in [0.1, 0.15) is 5.75 Å². The normalized spacial score (nSPS) is 10.1. The van der Waals surface area contributed by atoms with Crippen molar-refractivity contribution >= 4 is 17.5 Å². The molecule has 116 valence electrons. The molecule has 0 bridgehead atoms. The number of hydrogen-bond donors (Lipinski definition) is 2. The van der Waals surface area contributed by atoms with Gasteiger partial charge >= 0.3 is 0 Å². The SMILES string of the molecule is CCNC(=O)COc1ccc(NC(=O)c2occc2C)cc1. The molecule has 1 aromatic carbocycles. The third kappa shape index (κ3) is 4.12. The molecule has 0 aliphatic carbocycles. The second-order valence-corrected chi connectivity index (χ2v) is 4.65. The Kier molecular flexibility index (Phi) is 5.19. The first kappa shape index (κ1) is 15.6. The molecule has 0 fully saturated rings. The fourth-order valence-electron chi connectivity index (χ4n) is 1.82. The molecule has 0 atom stereocenters. The highest BCUT2D eigenvalue weighted by molar-refractivity contribution is 6.03. The Balaban J connectivity index is 1.90. The molecule has 0 radical (unpaired) electrons. The van der Waals surface area contributed by atoms with Gasteiger partial charge in [-0.05, 0) is 44.2 Å². The average molecular weight is 302 g/mol. The first-order valence-corrected chi connectivity index (χ1v) is 6.95. The summed E-state index contributed by atoms with van der Waals surface area (Å²) in [4.78, 5) is 23.3. The Hall–Kier alpha value is -2.76. The summed E-state index contributed by atoms with van der Waals surface area (Å²) in [6, 6.07) is 8.49. The van der Waals surface area contributed by atoms with Crippen molar-refractivity contribution < 1.29 is 18.7 Å². The standard InChI is InChI=1S/C16H18N2O4/c1-3-17-14(19)10-22-13-6-4-12(5-7-13)18-16(20)15-11(2)8-9-21-15/h4-9H,3,10H2,1-2H3,(H,17,19)(H,18,20). The molecule has 0 aliphatic rings. The number of likely N-dealkylation sites (N-methyl/N-ethyl adjacent to an activating group) is 1. The number of nitrogens with one attached hydrogen (secondary N) is 2. The van der Waals surface area contributed by atoms with Gasteiger partial charge < -0.3 is 19.8 Å². The predicted molar refractivity (Wildman–Crippen MR) is 82.0 cm³/mol. The molecule has 2 aromatic rings. The summed E-state index contributed by atoms with van der Waals surface area (Å²) in [6.45, 7) is 4.18. The number of aryl methyl sites for hydroxylation is 1. The van der Waals surface area contributed by atoms with E-state index in [-0.39, 0.29) is 24.2 Å². The smallest absolute Gasteiger partial charge is 0.291 e. The van der Waals surface area contributed by atoms with Crippen molar-refractivity contribution in [3.05, 3.63) is 47.9 Å². The van der Waals surface area contributed by atoms with E-state index in [4.69, 9.17) is 9.15 Å². The maximum atomic E-state index is 12.0. The van der Waals surface area contributed by atoms with Crippen LogP contribution in [0.25, 0.3) is 0 Å². The number of anilines is 1. The van der Waals surface area contributed by atoms with Crippen LogP contribution in [0.1, 0.15) is 23.0 Å². The molecule has 0 unspecified atom stereocenters. The van der Waals surface area contributed by atoms with Crippen LogP contribution in [0.2, 0.25) is 0 Å². The molecule has 1 heterocycles. The van der Waals surface area contributed by atoms with Crippen LogP contribution in [-0.4, -0.2) is 25.0 Å². The van der Waals surface area contributed by atoms with Crippen LogP contribution in [0.15, 0.2) is 41.0 Å². The van der Waals surface area contributed by atoms with Crippen LogP contribution < -0.4 is 15.4 Å². The number of rotatable bonds is 6. The molecule has 0 saturated carbocycles. The van der Waals surface area contributed by atoms with Gasteiger partial charge in [-0.15, -0.1) is 0 Å². The minimum Gasteiger partial charge on any atom is -0.484 e. The van der Waals surface area contributed by atoms with E-state index >= 15 is 0 Å². The third-order valence-corrected chi connectivity index (χ3v) is 2.92. The van der Waals surface area contributed by atoms with Crippen molar-refractivity contribution in [3.8, 4) is 5.75 Å². The van der Waals surface area contributed by atoms with E-state index in [9.17, 15) is 9.59 Å². The van der Waals surface area contributed by atoms with Crippen LogP contribution in [0, 0.1) is 6.92 Å². The van der Waals surface area contributed by atoms with Gasteiger partial charge in [0.15, 0.2) is 12.4 Å². The van der Waals surface area contributed by atoms with E-state index in [1.165, 1.54) is 6.26 Å². The van der Waals surface area contributed by atoms with Crippen LogP contribution in [0.5, 0.6) is 5.75 Å². The Labute approximate surface area is 128 Å². The van der Waals surface area contributed by atoms with Crippen LogP contribution in [0.4, 0.5) is 5.69 Å². The Morgan fingerprint density at radius 3 is 2.50 bits per heavy atom. The van der Waals surface area contributed by atoms with E-state index in [0.717, 1.165) is 5.56 Å². The first-order valence-electron chi connectivity index (χ1n) is 6.95. The molecule has 0 saturated heterocycles. The largest absolute Gasteiger partial charge is 0.484 e. The summed E-state index contributed by atoms with van der Waals surface area (Å²) < 4.78 is 10.5. The molecule has 6 nitrogen and oxygen atoms in total. The van der Waals surface area contributed by atoms with Gasteiger partial charge in [-0.3, -0.25) is 9.59 Å². The maximum Gasteiger partial charge on any atom is 0.291 e. The number of furan rings is 1. The average Bonchev–Trinajstić information content (AvgIpc) is 2.93. The van der Waals surface area contributed by atoms with Gasteiger partial charge in [-0.1, -0.05) is 0 Å². The Bertz CT molecular complexity index is 646. The summed E-state index contributed by atoms with van der Waals surface area (Å²) >= 11 is 0. The van der Waals surface area contributed by atoms with Gasteiger partial charge in [0.2, 0.25) is 0 Å². The molecule has 22 heavy (non-hydrogen) atoms. The fourth-order valence-corrected chi connectivity index (χ4v) is 1.82. The van der Waals surface area contributed by atoms with Gasteiger partial charge in [0.05, 0.1) is 6.26 Å². The first-order chi connectivity index (χ1) is 10.6. The molecular weight excluding hydrogens is 284 g/mol. The monoisotopic (exact) mass is 302 g/mol. The second-order valence-electron chi connectivity index (χ2n) is 4.65. The van der Waals surface area contributed by atoms with Crippen molar-refractivity contribution in [2.45, 2.75) is 13.8 Å². The predicted octanol–water partition coefficient (Wildman–Crippen LogP) is 2.36. The molecule has 0 aliphatic heterocycles. The van der Waals surface area contributed by atoms with E-state index in [1.54, 1.807) is 37.3 Å². The highest BCUT2D eigenvalue weighted by Crippen LogP contribution is 2.17. The van der Waals surface area contributed by atoms with E-state index in [1.807, 2.05) is 6.92 Å². The summed E-state index contributed by atoms with van der Waals surface area (Å²) in [6.07, 6.45) is 1.47. The lowest BCUT2D eigenvalue weighted by Crippen LogP contribution is -2.28. The summed E-state index contributed by atoms with van der Waals surface area (Å²) in [5.41, 5.74) is 1.39. The molecular formula is C16H18N2O4. The quantitative estimate of drug-likeness (QED) is 0.858. The lowest BCUT2D eigenvalue weighted by molar-refractivity contribution is -0.122. The number of benzene rings is 1. The number of carbonyl (C=O) groups excluding carboxylic acids is 2. The molecule has 1 aromatic heterocycles. The Morgan fingerprint density at radius 2 is 1.91 bits per heavy atom. The zero-order chi connectivity index (χ0) is 15.9. The topological polar surface area (TPSA) is 80.6 Å². The highest BCUT2D eigenvalue weighted by Gasteiger charge is 2.12. The van der Waals surface area contributed by atoms with Crippen LogP contribution >= 0.6 is 0 Å². The van der Waals surface area contributed by atoms with Gasteiger partial charge in [-0.25, -0.2) is 0 Å². The van der Waals surface area contributed by atoms with Gasteiger partial charge in [0.25, 0.3) is 11.8 Å². The number of amides is 2. The lowest BCUT2D eigenvalue weighted by atomic mass is 10.2. The summed E-state index contributed by atoms with van der Waals surface area (Å²) in [5, 5.41) is 5.37. The lowest BCUT2D eigenvalue weighted by Gasteiger charge is -2.08. The van der Waals surface area contributed by atoms with E-state index in [0.29, 0.717) is 18.0 Å². The highest BCUT2D eigenvalue weighted by atomic mass is 16.5. The molecule has 0 spiro atoms.